The van der Waals surface area contributed by atoms with E-state index in [0.717, 1.165) is 24.3 Å². The summed E-state index contributed by atoms with van der Waals surface area (Å²) in [5.74, 6) is 6.87. The first-order valence-corrected chi connectivity index (χ1v) is 4.35. The van der Waals surface area contributed by atoms with Gasteiger partial charge < -0.3 is 9.84 Å². The van der Waals surface area contributed by atoms with Crippen molar-refractivity contribution in [3.05, 3.63) is 23.7 Å². The highest BCUT2D eigenvalue weighted by molar-refractivity contribution is 5.99. The number of amidine groups is 1. The summed E-state index contributed by atoms with van der Waals surface area (Å²) in [5, 5.41) is 0. The molecule has 0 aliphatic rings. The van der Waals surface area contributed by atoms with Crippen LogP contribution in [0.3, 0.4) is 0 Å². The van der Waals surface area contributed by atoms with Crippen LogP contribution >= 0.6 is 0 Å². The highest BCUT2D eigenvalue weighted by atomic mass is 16.3. The highest BCUT2D eigenvalue weighted by Gasteiger charge is 2.06. The third-order valence-electron chi connectivity index (χ3n) is 1.74. The Morgan fingerprint density at radius 1 is 1.69 bits per heavy atom. The maximum Gasteiger partial charge on any atom is 0.146 e. The Morgan fingerprint density at radius 3 is 2.92 bits per heavy atom. The van der Waals surface area contributed by atoms with Crippen molar-refractivity contribution < 1.29 is 4.42 Å². The molecule has 4 nitrogen and oxygen atoms in total. The second-order valence-electron chi connectivity index (χ2n) is 2.77. The fraction of sp³-hybridized carbons (Fsp3) is 0.444. The van der Waals surface area contributed by atoms with Crippen molar-refractivity contribution in [1.82, 2.24) is 5.43 Å². The van der Waals surface area contributed by atoms with E-state index in [4.69, 9.17) is 10.3 Å². The minimum atomic E-state index is 0.688. The van der Waals surface area contributed by atoms with Crippen LogP contribution in [0.25, 0.3) is 0 Å². The molecule has 1 aromatic rings. The van der Waals surface area contributed by atoms with Crippen molar-refractivity contribution >= 4 is 5.84 Å². The molecule has 3 N–H and O–H groups in total. The van der Waals surface area contributed by atoms with Crippen molar-refractivity contribution in [3.63, 3.8) is 0 Å². The summed E-state index contributed by atoms with van der Waals surface area (Å²) in [7, 11) is 0. The molecule has 0 aliphatic heterocycles. The predicted octanol–water partition coefficient (Wildman–Crippen LogP) is 1.21. The van der Waals surface area contributed by atoms with Crippen LogP contribution in [0.5, 0.6) is 0 Å². The smallest absolute Gasteiger partial charge is 0.146 e. The standard InChI is InChI=1S/C9H15N3O/c1-3-5-11-9(12-10)8-4-6-13-7(8)2/h4,6H,3,5,10H2,1-2H3,(H,11,12). The average Bonchev–Trinajstić information content (AvgIpc) is 2.54. The molecule has 1 rings (SSSR count). The number of hydrogen-bond donors (Lipinski definition) is 2. The minimum Gasteiger partial charge on any atom is -0.469 e. The summed E-state index contributed by atoms with van der Waals surface area (Å²) < 4.78 is 5.15. The molecule has 0 saturated heterocycles. The van der Waals surface area contributed by atoms with Gasteiger partial charge in [-0.15, -0.1) is 0 Å². The van der Waals surface area contributed by atoms with Crippen LogP contribution < -0.4 is 11.3 Å². The number of furan rings is 1. The molecule has 13 heavy (non-hydrogen) atoms. The van der Waals surface area contributed by atoms with Crippen LogP contribution in [-0.2, 0) is 0 Å². The van der Waals surface area contributed by atoms with Gasteiger partial charge in [-0.25, -0.2) is 5.84 Å². The summed E-state index contributed by atoms with van der Waals surface area (Å²) in [6.45, 7) is 4.72. The molecule has 1 heterocycles. The molecule has 72 valence electrons. The highest BCUT2D eigenvalue weighted by Crippen LogP contribution is 2.08. The Bertz CT molecular complexity index is 291. The van der Waals surface area contributed by atoms with E-state index in [1.54, 1.807) is 6.26 Å². The Kier molecular flexibility index (Phi) is 3.52. The number of rotatable bonds is 3. The molecule has 0 aliphatic carbocycles. The zero-order chi connectivity index (χ0) is 9.68. The molecular formula is C9H15N3O. The Hall–Kier alpha value is -1.29. The Labute approximate surface area is 77.8 Å². The molecule has 0 amide bonds. The van der Waals surface area contributed by atoms with Crippen LogP contribution in [0, 0.1) is 6.92 Å². The SMILES string of the molecule is CCCN=C(NN)c1ccoc1C. The minimum absolute atomic E-state index is 0.688. The molecule has 0 unspecified atom stereocenters. The van der Waals surface area contributed by atoms with Gasteiger partial charge in [0.1, 0.15) is 11.6 Å². The molecule has 4 heteroatoms. The van der Waals surface area contributed by atoms with Gasteiger partial charge in [-0.2, -0.15) is 0 Å². The van der Waals surface area contributed by atoms with Gasteiger partial charge >= 0.3 is 0 Å². The quantitative estimate of drug-likeness (QED) is 0.319. The molecule has 0 fully saturated rings. The maximum atomic E-state index is 5.35. The fourth-order valence-corrected chi connectivity index (χ4v) is 1.06. The van der Waals surface area contributed by atoms with Crippen LogP contribution in [0.1, 0.15) is 24.7 Å². The predicted molar refractivity (Wildman–Crippen MR) is 52.5 cm³/mol. The number of nitrogens with one attached hydrogen (secondary N) is 1. The summed E-state index contributed by atoms with van der Waals surface area (Å²) in [6, 6.07) is 1.85. The molecule has 0 bridgehead atoms. The van der Waals surface area contributed by atoms with E-state index in [-0.39, 0.29) is 0 Å². The van der Waals surface area contributed by atoms with Crippen LogP contribution in [0.2, 0.25) is 0 Å². The van der Waals surface area contributed by atoms with Crippen LogP contribution in [0.15, 0.2) is 21.7 Å². The van der Waals surface area contributed by atoms with Gasteiger partial charge in [-0.05, 0) is 19.4 Å². The van der Waals surface area contributed by atoms with Crippen molar-refractivity contribution in [3.8, 4) is 0 Å². The summed E-state index contributed by atoms with van der Waals surface area (Å²) >= 11 is 0. The number of hydrogen-bond acceptors (Lipinski definition) is 3. The Balaban J connectivity index is 2.84. The average molecular weight is 181 g/mol. The lowest BCUT2D eigenvalue weighted by Crippen LogP contribution is -2.31. The second-order valence-corrected chi connectivity index (χ2v) is 2.77. The molecule has 0 atom stereocenters. The van der Waals surface area contributed by atoms with Gasteiger partial charge in [0, 0.05) is 6.54 Å². The number of aliphatic imine (C=N–C) groups is 1. The van der Waals surface area contributed by atoms with E-state index < -0.39 is 0 Å². The normalized spacial score (nSPS) is 11.8. The monoisotopic (exact) mass is 181 g/mol. The van der Waals surface area contributed by atoms with Gasteiger partial charge in [0.05, 0.1) is 11.8 Å². The lowest BCUT2D eigenvalue weighted by atomic mass is 10.2. The summed E-state index contributed by atoms with van der Waals surface area (Å²) in [4.78, 5) is 4.28. The molecule has 0 spiro atoms. The zero-order valence-corrected chi connectivity index (χ0v) is 8.00. The van der Waals surface area contributed by atoms with E-state index in [9.17, 15) is 0 Å². The van der Waals surface area contributed by atoms with E-state index in [0.29, 0.717) is 5.84 Å². The summed E-state index contributed by atoms with van der Waals surface area (Å²) in [6.07, 6.45) is 2.63. The summed E-state index contributed by atoms with van der Waals surface area (Å²) in [5.41, 5.74) is 3.50. The van der Waals surface area contributed by atoms with Crippen LogP contribution in [0.4, 0.5) is 0 Å². The van der Waals surface area contributed by atoms with E-state index in [1.165, 1.54) is 0 Å². The third-order valence-corrected chi connectivity index (χ3v) is 1.74. The van der Waals surface area contributed by atoms with Crippen molar-refractivity contribution in [1.29, 1.82) is 0 Å². The van der Waals surface area contributed by atoms with E-state index >= 15 is 0 Å². The van der Waals surface area contributed by atoms with E-state index in [1.807, 2.05) is 13.0 Å². The largest absolute Gasteiger partial charge is 0.469 e. The maximum absolute atomic E-state index is 5.35. The lowest BCUT2D eigenvalue weighted by Gasteiger charge is -2.03. The van der Waals surface area contributed by atoms with Gasteiger partial charge in [0.25, 0.3) is 0 Å². The fourth-order valence-electron chi connectivity index (χ4n) is 1.06. The second kappa shape index (κ2) is 4.67. The molecular weight excluding hydrogens is 166 g/mol. The molecule has 0 radical (unpaired) electrons. The number of nitrogens with two attached hydrogens (primary N) is 1. The topological polar surface area (TPSA) is 63.5 Å². The van der Waals surface area contributed by atoms with Gasteiger partial charge in [-0.3, -0.25) is 4.99 Å². The van der Waals surface area contributed by atoms with Crippen molar-refractivity contribution in [2.75, 3.05) is 6.54 Å². The van der Waals surface area contributed by atoms with Crippen molar-refractivity contribution in [2.45, 2.75) is 20.3 Å². The first-order valence-electron chi connectivity index (χ1n) is 4.35. The zero-order valence-electron chi connectivity index (χ0n) is 8.00. The molecule has 0 aromatic carbocycles. The molecule has 1 aromatic heterocycles. The number of aryl methyl sites for hydroxylation is 1. The van der Waals surface area contributed by atoms with Gasteiger partial charge in [-0.1, -0.05) is 6.92 Å². The number of nitrogens with zero attached hydrogens (tertiary/aromatic N) is 1. The Morgan fingerprint density at radius 2 is 2.46 bits per heavy atom. The first kappa shape index (κ1) is 9.80. The lowest BCUT2D eigenvalue weighted by molar-refractivity contribution is 0.533. The van der Waals surface area contributed by atoms with Crippen LogP contribution in [-0.4, -0.2) is 12.4 Å². The van der Waals surface area contributed by atoms with E-state index in [2.05, 4.69) is 17.3 Å². The van der Waals surface area contributed by atoms with Gasteiger partial charge in [0.15, 0.2) is 0 Å². The van der Waals surface area contributed by atoms with Crippen molar-refractivity contribution in [2.24, 2.45) is 10.8 Å². The molecule has 0 saturated carbocycles. The number of hydrazine groups is 1. The third kappa shape index (κ3) is 2.32. The first-order chi connectivity index (χ1) is 6.29. The van der Waals surface area contributed by atoms with Gasteiger partial charge in [0.2, 0.25) is 0 Å².